The Morgan fingerprint density at radius 2 is 1.74 bits per heavy atom. The monoisotopic (exact) mass is 440 g/mol. The Balaban J connectivity index is 1.61. The number of sulfonamides is 1. The Labute approximate surface area is 179 Å². The van der Waals surface area contributed by atoms with E-state index in [9.17, 15) is 18.0 Å². The third kappa shape index (κ3) is 5.80. The molecule has 3 N–H and O–H groups in total. The molecule has 31 heavy (non-hydrogen) atoms. The molecule has 0 bridgehead atoms. The molecule has 0 aliphatic heterocycles. The van der Waals surface area contributed by atoms with Gasteiger partial charge in [0.05, 0.1) is 36.1 Å². The highest BCUT2D eigenvalue weighted by molar-refractivity contribution is 7.92. The summed E-state index contributed by atoms with van der Waals surface area (Å²) in [5.74, 6) is -0.545. The van der Waals surface area contributed by atoms with E-state index in [1.165, 1.54) is 37.6 Å². The molecule has 0 atom stereocenters. The Morgan fingerprint density at radius 1 is 1.00 bits per heavy atom. The highest BCUT2D eigenvalue weighted by atomic mass is 32.2. The fourth-order valence-electron chi connectivity index (χ4n) is 2.62. The molecule has 9 nitrogen and oxygen atoms in total. The number of rotatable bonds is 8. The second kappa shape index (κ2) is 9.72. The van der Waals surface area contributed by atoms with E-state index in [2.05, 4.69) is 20.3 Å². The van der Waals surface area contributed by atoms with Crippen molar-refractivity contribution in [3.8, 4) is 5.75 Å². The van der Waals surface area contributed by atoms with Crippen molar-refractivity contribution in [2.24, 2.45) is 0 Å². The summed E-state index contributed by atoms with van der Waals surface area (Å²) in [4.78, 5) is 28.0. The zero-order chi connectivity index (χ0) is 22.3. The SMILES string of the molecule is COc1ccccc1NS(=O)(=O)c1ccc(C(=O)NCC(=O)Nc2cccnc2)cc1. The summed E-state index contributed by atoms with van der Waals surface area (Å²) in [6, 6.07) is 15.3. The summed E-state index contributed by atoms with van der Waals surface area (Å²) in [7, 11) is -2.44. The zero-order valence-corrected chi connectivity index (χ0v) is 17.3. The molecule has 1 heterocycles. The summed E-state index contributed by atoms with van der Waals surface area (Å²) >= 11 is 0. The number of nitrogens with zero attached hydrogens (tertiary/aromatic N) is 1. The molecule has 0 radical (unpaired) electrons. The van der Waals surface area contributed by atoms with E-state index in [-0.39, 0.29) is 17.0 Å². The number of hydrogen-bond acceptors (Lipinski definition) is 6. The average molecular weight is 440 g/mol. The van der Waals surface area contributed by atoms with Gasteiger partial charge in [-0.15, -0.1) is 0 Å². The molecule has 0 fully saturated rings. The van der Waals surface area contributed by atoms with E-state index in [4.69, 9.17) is 4.74 Å². The number of para-hydroxylation sites is 2. The lowest BCUT2D eigenvalue weighted by atomic mass is 10.2. The minimum atomic E-state index is -3.88. The van der Waals surface area contributed by atoms with Crippen LogP contribution in [0, 0.1) is 0 Å². The number of anilines is 2. The van der Waals surface area contributed by atoms with Gasteiger partial charge < -0.3 is 15.4 Å². The maximum absolute atomic E-state index is 12.6. The molecule has 2 amide bonds. The fraction of sp³-hybridized carbons (Fsp3) is 0.0952. The lowest BCUT2D eigenvalue weighted by Gasteiger charge is -2.12. The van der Waals surface area contributed by atoms with E-state index in [1.807, 2.05) is 0 Å². The molecule has 3 aromatic rings. The summed E-state index contributed by atoms with van der Waals surface area (Å²) in [6.45, 7) is -0.247. The van der Waals surface area contributed by atoms with Crippen LogP contribution in [-0.2, 0) is 14.8 Å². The molecule has 0 unspecified atom stereocenters. The van der Waals surface area contributed by atoms with Crippen LogP contribution in [0.5, 0.6) is 5.75 Å². The minimum Gasteiger partial charge on any atom is -0.495 e. The van der Waals surface area contributed by atoms with Crippen LogP contribution in [0.25, 0.3) is 0 Å². The van der Waals surface area contributed by atoms with Gasteiger partial charge in [0.25, 0.3) is 15.9 Å². The average Bonchev–Trinajstić information content (AvgIpc) is 2.78. The molecule has 0 spiro atoms. The minimum absolute atomic E-state index is 0.0238. The number of carbonyl (C=O) groups excluding carboxylic acids is 2. The molecule has 10 heteroatoms. The first-order chi connectivity index (χ1) is 14.9. The molecule has 0 saturated carbocycles. The molecule has 2 aromatic carbocycles. The van der Waals surface area contributed by atoms with Crippen molar-refractivity contribution >= 4 is 33.2 Å². The van der Waals surface area contributed by atoms with Gasteiger partial charge in [-0.3, -0.25) is 19.3 Å². The molecule has 160 valence electrons. The standard InChI is InChI=1S/C21H20N4O5S/c1-30-19-7-3-2-6-18(19)25-31(28,29)17-10-8-15(9-11-17)21(27)23-14-20(26)24-16-5-4-12-22-13-16/h2-13,25H,14H2,1H3,(H,23,27)(H,24,26). The van der Waals surface area contributed by atoms with Gasteiger partial charge in [0, 0.05) is 11.8 Å². The highest BCUT2D eigenvalue weighted by Crippen LogP contribution is 2.26. The molecule has 3 rings (SSSR count). The van der Waals surface area contributed by atoms with Gasteiger partial charge in [0.15, 0.2) is 0 Å². The van der Waals surface area contributed by atoms with Crippen LogP contribution in [0.15, 0.2) is 78.0 Å². The maximum atomic E-state index is 12.6. The lowest BCUT2D eigenvalue weighted by Crippen LogP contribution is -2.32. The summed E-state index contributed by atoms with van der Waals surface area (Å²) in [5, 5.41) is 5.08. The van der Waals surface area contributed by atoms with Crippen molar-refractivity contribution in [2.75, 3.05) is 23.7 Å². The number of aromatic nitrogens is 1. The van der Waals surface area contributed by atoms with Crippen molar-refractivity contribution < 1.29 is 22.7 Å². The summed E-state index contributed by atoms with van der Waals surface area (Å²) in [5.41, 5.74) is 1.02. The third-order valence-electron chi connectivity index (χ3n) is 4.13. The third-order valence-corrected chi connectivity index (χ3v) is 5.51. The number of nitrogens with one attached hydrogen (secondary N) is 3. The molecule has 0 aliphatic rings. The van der Waals surface area contributed by atoms with Crippen LogP contribution in [0.2, 0.25) is 0 Å². The second-order valence-corrected chi connectivity index (χ2v) is 7.99. The first kappa shape index (κ1) is 21.8. The van der Waals surface area contributed by atoms with Crippen molar-refractivity contribution in [3.05, 3.63) is 78.6 Å². The van der Waals surface area contributed by atoms with E-state index in [0.29, 0.717) is 17.1 Å². The summed E-state index contributed by atoms with van der Waals surface area (Å²) in [6.07, 6.45) is 3.06. The lowest BCUT2D eigenvalue weighted by molar-refractivity contribution is -0.115. The van der Waals surface area contributed by atoms with E-state index in [0.717, 1.165) is 0 Å². The van der Waals surface area contributed by atoms with Crippen molar-refractivity contribution in [3.63, 3.8) is 0 Å². The molecule has 0 saturated heterocycles. The van der Waals surface area contributed by atoms with Crippen LogP contribution in [0.3, 0.4) is 0 Å². The predicted molar refractivity (Wildman–Crippen MR) is 115 cm³/mol. The highest BCUT2D eigenvalue weighted by Gasteiger charge is 2.17. The van der Waals surface area contributed by atoms with Gasteiger partial charge in [-0.25, -0.2) is 8.42 Å². The van der Waals surface area contributed by atoms with Crippen LogP contribution >= 0.6 is 0 Å². The first-order valence-electron chi connectivity index (χ1n) is 9.13. The smallest absolute Gasteiger partial charge is 0.262 e. The maximum Gasteiger partial charge on any atom is 0.262 e. The van der Waals surface area contributed by atoms with Gasteiger partial charge in [0.2, 0.25) is 5.91 Å². The topological polar surface area (TPSA) is 126 Å². The summed E-state index contributed by atoms with van der Waals surface area (Å²) < 4.78 is 32.8. The number of methoxy groups -OCH3 is 1. The van der Waals surface area contributed by atoms with Gasteiger partial charge in [0.1, 0.15) is 5.75 Å². The Morgan fingerprint density at radius 3 is 2.42 bits per heavy atom. The number of carbonyl (C=O) groups is 2. The molecule has 1 aromatic heterocycles. The van der Waals surface area contributed by atoms with Gasteiger partial charge >= 0.3 is 0 Å². The van der Waals surface area contributed by atoms with E-state index >= 15 is 0 Å². The Hall–Kier alpha value is -3.92. The van der Waals surface area contributed by atoms with Crippen LogP contribution < -0.4 is 20.1 Å². The van der Waals surface area contributed by atoms with Crippen LogP contribution in [0.1, 0.15) is 10.4 Å². The largest absolute Gasteiger partial charge is 0.495 e. The van der Waals surface area contributed by atoms with Crippen LogP contribution in [0.4, 0.5) is 11.4 Å². The van der Waals surface area contributed by atoms with E-state index < -0.39 is 21.8 Å². The number of amides is 2. The predicted octanol–water partition coefficient (Wildman–Crippen LogP) is 2.26. The molecular formula is C21H20N4O5S. The number of ether oxygens (including phenoxy) is 1. The first-order valence-corrected chi connectivity index (χ1v) is 10.6. The zero-order valence-electron chi connectivity index (χ0n) is 16.5. The van der Waals surface area contributed by atoms with Gasteiger partial charge in [-0.1, -0.05) is 12.1 Å². The number of pyridine rings is 1. The van der Waals surface area contributed by atoms with Crippen molar-refractivity contribution in [1.82, 2.24) is 10.3 Å². The van der Waals surface area contributed by atoms with Gasteiger partial charge in [-0.05, 0) is 48.5 Å². The second-order valence-electron chi connectivity index (χ2n) is 6.30. The molecule has 0 aliphatic carbocycles. The fourth-order valence-corrected chi connectivity index (χ4v) is 3.69. The Bertz CT molecular complexity index is 1170. The quantitative estimate of drug-likeness (QED) is 0.493. The Kier molecular flexibility index (Phi) is 6.83. The van der Waals surface area contributed by atoms with Crippen molar-refractivity contribution in [1.29, 1.82) is 0 Å². The van der Waals surface area contributed by atoms with Gasteiger partial charge in [-0.2, -0.15) is 0 Å². The number of benzene rings is 2. The number of hydrogen-bond donors (Lipinski definition) is 3. The molecular weight excluding hydrogens is 420 g/mol. The van der Waals surface area contributed by atoms with E-state index in [1.54, 1.807) is 42.6 Å². The van der Waals surface area contributed by atoms with Crippen molar-refractivity contribution in [2.45, 2.75) is 4.90 Å². The van der Waals surface area contributed by atoms with Crippen LogP contribution in [-0.4, -0.2) is 38.9 Å². The normalized spacial score (nSPS) is 10.7.